The van der Waals surface area contributed by atoms with E-state index >= 15 is 0 Å². The highest BCUT2D eigenvalue weighted by atomic mass is 16.6. The van der Waals surface area contributed by atoms with Crippen LogP contribution in [0.3, 0.4) is 0 Å². The molecule has 1 heterocycles. The molecule has 0 bridgehead atoms. The lowest BCUT2D eigenvalue weighted by atomic mass is 10.0. The summed E-state index contributed by atoms with van der Waals surface area (Å²) in [4.78, 5) is 25.8. The monoisotopic (exact) mass is 268 g/mol. The van der Waals surface area contributed by atoms with Crippen molar-refractivity contribution in [1.29, 1.82) is 0 Å². The normalized spacial score (nSPS) is 17.5. The predicted octanol–water partition coefficient (Wildman–Crippen LogP) is 2.28. The number of alkyl carbamates (subject to hydrolysis) is 1. The Morgan fingerprint density at radius 3 is 2.32 bits per heavy atom. The van der Waals surface area contributed by atoms with E-state index in [9.17, 15) is 9.59 Å². The minimum atomic E-state index is -0.568. The van der Waals surface area contributed by atoms with E-state index in [1.807, 2.05) is 18.7 Å². The maximum atomic E-state index is 12.3. The van der Waals surface area contributed by atoms with E-state index in [0.717, 1.165) is 25.9 Å². The van der Waals surface area contributed by atoms with Gasteiger partial charge >= 0.3 is 6.09 Å². The smallest absolute Gasteiger partial charge is 0.412 e. The lowest BCUT2D eigenvalue weighted by molar-refractivity contribution is -0.133. The van der Waals surface area contributed by atoms with Crippen molar-refractivity contribution in [3.8, 4) is 0 Å². The number of rotatable bonds is 4. The summed E-state index contributed by atoms with van der Waals surface area (Å²) >= 11 is 0. The Kier molecular flexibility index (Phi) is 5.86. The molecule has 1 saturated heterocycles. The van der Waals surface area contributed by atoms with Crippen LogP contribution in [0.5, 0.6) is 0 Å². The molecule has 0 spiro atoms. The Hall–Kier alpha value is -1.52. The van der Waals surface area contributed by atoms with Crippen LogP contribution < -0.4 is 5.32 Å². The Labute approximate surface area is 115 Å². The molecule has 1 fully saturated rings. The lowest BCUT2D eigenvalue weighted by Gasteiger charge is -2.26. The maximum Gasteiger partial charge on any atom is 0.412 e. The minimum Gasteiger partial charge on any atom is -0.416 e. The molecule has 5 nitrogen and oxygen atoms in total. The van der Waals surface area contributed by atoms with Crippen molar-refractivity contribution in [1.82, 2.24) is 10.2 Å². The first-order valence-corrected chi connectivity index (χ1v) is 6.85. The highest BCUT2D eigenvalue weighted by Crippen LogP contribution is 2.13. The third-order valence-electron chi connectivity index (χ3n) is 3.28. The van der Waals surface area contributed by atoms with Crippen LogP contribution in [0.25, 0.3) is 0 Å². The molecule has 5 heteroatoms. The Balaban J connectivity index is 2.62. The van der Waals surface area contributed by atoms with Crippen molar-refractivity contribution in [2.75, 3.05) is 13.1 Å². The summed E-state index contributed by atoms with van der Waals surface area (Å²) < 4.78 is 5.03. The molecule has 1 N–H and O–H groups in total. The third-order valence-corrected chi connectivity index (χ3v) is 3.28. The number of hydrogen-bond acceptors (Lipinski definition) is 3. The van der Waals surface area contributed by atoms with Crippen LogP contribution >= 0.6 is 0 Å². The molecule has 2 amide bonds. The first kappa shape index (κ1) is 15.5. The van der Waals surface area contributed by atoms with Crippen LogP contribution in [0.15, 0.2) is 11.8 Å². The zero-order valence-electron chi connectivity index (χ0n) is 12.2. The average molecular weight is 268 g/mol. The fraction of sp³-hybridized carbons (Fsp3) is 0.714. The zero-order chi connectivity index (χ0) is 14.4. The van der Waals surface area contributed by atoms with Gasteiger partial charge in [-0.15, -0.1) is 0 Å². The van der Waals surface area contributed by atoms with Crippen molar-refractivity contribution in [2.24, 2.45) is 5.92 Å². The van der Waals surface area contributed by atoms with Gasteiger partial charge in [-0.25, -0.2) is 4.79 Å². The number of carbonyl (C=O) groups excluding carboxylic acids is 2. The second-order valence-corrected chi connectivity index (χ2v) is 5.19. The molecule has 1 rings (SSSR count). The van der Waals surface area contributed by atoms with Gasteiger partial charge in [0.05, 0.1) is 0 Å². The first-order valence-electron chi connectivity index (χ1n) is 6.85. The molecule has 0 aromatic rings. The van der Waals surface area contributed by atoms with Gasteiger partial charge in [0.25, 0.3) is 0 Å². The fourth-order valence-electron chi connectivity index (χ4n) is 2.01. The average Bonchev–Trinajstić information content (AvgIpc) is 2.88. The molecule has 0 saturated carbocycles. The predicted molar refractivity (Wildman–Crippen MR) is 73.5 cm³/mol. The zero-order valence-corrected chi connectivity index (χ0v) is 12.2. The van der Waals surface area contributed by atoms with Gasteiger partial charge in [0, 0.05) is 13.1 Å². The molecule has 0 radical (unpaired) electrons. The number of ether oxygens (including phenoxy) is 1. The molecule has 19 heavy (non-hydrogen) atoms. The van der Waals surface area contributed by atoms with Gasteiger partial charge in [-0.2, -0.15) is 0 Å². The van der Waals surface area contributed by atoms with Crippen molar-refractivity contribution in [3.05, 3.63) is 11.8 Å². The van der Waals surface area contributed by atoms with E-state index in [2.05, 4.69) is 5.32 Å². The molecule has 0 aliphatic carbocycles. The molecular weight excluding hydrogens is 244 g/mol. The third kappa shape index (κ3) is 4.58. The Morgan fingerprint density at radius 1 is 1.26 bits per heavy atom. The number of carbonyl (C=O) groups is 2. The largest absolute Gasteiger partial charge is 0.416 e. The van der Waals surface area contributed by atoms with Gasteiger partial charge in [0.15, 0.2) is 0 Å². The van der Waals surface area contributed by atoms with Gasteiger partial charge in [-0.1, -0.05) is 13.8 Å². The van der Waals surface area contributed by atoms with Crippen molar-refractivity contribution >= 4 is 12.0 Å². The number of nitrogens with zero attached hydrogens (tertiary/aromatic N) is 1. The van der Waals surface area contributed by atoms with Gasteiger partial charge in [0.2, 0.25) is 5.91 Å². The van der Waals surface area contributed by atoms with E-state index in [-0.39, 0.29) is 11.8 Å². The highest BCUT2D eigenvalue weighted by Gasteiger charge is 2.30. The fourth-order valence-corrected chi connectivity index (χ4v) is 2.01. The lowest BCUT2D eigenvalue weighted by Crippen LogP contribution is -2.50. The first-order chi connectivity index (χ1) is 8.95. The second kappa shape index (κ2) is 7.16. The van der Waals surface area contributed by atoms with Crippen molar-refractivity contribution in [3.63, 3.8) is 0 Å². The Bertz CT molecular complexity index is 358. The minimum absolute atomic E-state index is 0.0115. The topological polar surface area (TPSA) is 58.6 Å². The maximum absolute atomic E-state index is 12.3. The second-order valence-electron chi connectivity index (χ2n) is 5.19. The van der Waals surface area contributed by atoms with Crippen LogP contribution in [0.4, 0.5) is 4.79 Å². The van der Waals surface area contributed by atoms with Crippen LogP contribution in [0, 0.1) is 5.92 Å². The van der Waals surface area contributed by atoms with E-state index in [1.54, 1.807) is 19.9 Å². The summed E-state index contributed by atoms with van der Waals surface area (Å²) in [7, 11) is 0. The molecule has 108 valence electrons. The number of hydrogen-bond donors (Lipinski definition) is 1. The molecular formula is C14H24N2O3. The number of likely N-dealkylation sites (tertiary alicyclic amines) is 1. The molecule has 0 aromatic heterocycles. The standard InChI is InChI=1S/C14H24N2O3/c1-5-11(4)19-14(18)15-12(10(2)3)13(17)16-8-6-7-9-16/h5,10,12H,6-9H2,1-4H3,(H,15,18). The molecule has 1 unspecified atom stereocenters. The summed E-state index contributed by atoms with van der Waals surface area (Å²) in [6.07, 6.45) is 3.21. The molecule has 1 aliphatic heterocycles. The van der Waals surface area contributed by atoms with E-state index in [4.69, 9.17) is 4.74 Å². The highest BCUT2D eigenvalue weighted by molar-refractivity contribution is 5.86. The van der Waals surface area contributed by atoms with Crippen LogP contribution in [-0.4, -0.2) is 36.0 Å². The van der Waals surface area contributed by atoms with Crippen molar-refractivity contribution < 1.29 is 14.3 Å². The van der Waals surface area contributed by atoms with Gasteiger partial charge in [-0.05, 0) is 38.7 Å². The molecule has 0 aromatic carbocycles. The van der Waals surface area contributed by atoms with Crippen molar-refractivity contribution in [2.45, 2.75) is 46.6 Å². The molecule has 1 atom stereocenters. The van der Waals surface area contributed by atoms with E-state index in [1.165, 1.54) is 0 Å². The van der Waals surface area contributed by atoms with Gasteiger partial charge < -0.3 is 15.0 Å². The van der Waals surface area contributed by atoms with Crippen LogP contribution in [-0.2, 0) is 9.53 Å². The summed E-state index contributed by atoms with van der Waals surface area (Å²) in [5, 5.41) is 2.67. The van der Waals surface area contributed by atoms with Crippen LogP contribution in [0.2, 0.25) is 0 Å². The molecule has 1 aliphatic rings. The quantitative estimate of drug-likeness (QED) is 0.796. The SMILES string of the molecule is CC=C(C)OC(=O)NC(C(=O)N1CCCC1)C(C)C. The van der Waals surface area contributed by atoms with E-state index in [0.29, 0.717) is 5.76 Å². The van der Waals surface area contributed by atoms with Gasteiger partial charge in [0.1, 0.15) is 11.8 Å². The summed E-state index contributed by atoms with van der Waals surface area (Å²) in [6, 6.07) is -0.518. The number of nitrogens with one attached hydrogen (secondary N) is 1. The number of allylic oxidation sites excluding steroid dienone is 2. The summed E-state index contributed by atoms with van der Waals surface area (Å²) in [5.74, 6) is 0.544. The Morgan fingerprint density at radius 2 is 1.84 bits per heavy atom. The summed E-state index contributed by atoms with van der Waals surface area (Å²) in [6.45, 7) is 8.90. The number of amides is 2. The summed E-state index contributed by atoms with van der Waals surface area (Å²) in [5.41, 5.74) is 0. The van der Waals surface area contributed by atoms with E-state index < -0.39 is 12.1 Å². The van der Waals surface area contributed by atoms with Crippen LogP contribution in [0.1, 0.15) is 40.5 Å². The van der Waals surface area contributed by atoms with Gasteiger partial charge in [-0.3, -0.25) is 4.79 Å².